The van der Waals surface area contributed by atoms with Crippen molar-refractivity contribution in [2.24, 2.45) is 0 Å². The molecule has 0 radical (unpaired) electrons. The Morgan fingerprint density at radius 1 is 1.00 bits per heavy atom. The molecule has 5 aromatic rings. The van der Waals surface area contributed by atoms with E-state index in [9.17, 15) is 9.59 Å². The van der Waals surface area contributed by atoms with Gasteiger partial charge in [-0.05, 0) is 42.3 Å². The zero-order valence-electron chi connectivity index (χ0n) is 18.5. The van der Waals surface area contributed by atoms with Gasteiger partial charge < -0.3 is 9.88 Å². The molecule has 1 N–H and O–H groups in total. The van der Waals surface area contributed by atoms with E-state index in [2.05, 4.69) is 9.97 Å². The van der Waals surface area contributed by atoms with Gasteiger partial charge in [0.15, 0.2) is 0 Å². The van der Waals surface area contributed by atoms with Crippen LogP contribution in [0.2, 0.25) is 0 Å². The van der Waals surface area contributed by atoms with Crippen LogP contribution in [0.5, 0.6) is 0 Å². The van der Waals surface area contributed by atoms with Crippen molar-refractivity contribution in [2.45, 2.75) is 19.5 Å². The maximum atomic E-state index is 13.5. The molecule has 2 aromatic carbocycles. The van der Waals surface area contributed by atoms with E-state index in [4.69, 9.17) is 0 Å². The highest BCUT2D eigenvalue weighted by Crippen LogP contribution is 2.23. The highest BCUT2D eigenvalue weighted by molar-refractivity contribution is 5.98. The number of hydrogen-bond acceptors (Lipinski definition) is 3. The summed E-state index contributed by atoms with van der Waals surface area (Å²) < 4.78 is 3.73. The van der Waals surface area contributed by atoms with Crippen LogP contribution in [0, 0.1) is 0 Å². The number of carbonyl (C=O) groups is 1. The third-order valence-corrected chi connectivity index (χ3v) is 6.43. The van der Waals surface area contributed by atoms with Crippen LogP contribution >= 0.6 is 0 Å². The van der Waals surface area contributed by atoms with Gasteiger partial charge in [0.2, 0.25) is 0 Å². The molecule has 4 heterocycles. The molecule has 0 atom stereocenters. The lowest BCUT2D eigenvalue weighted by Crippen LogP contribution is -2.37. The second kappa shape index (κ2) is 8.19. The van der Waals surface area contributed by atoms with Crippen molar-refractivity contribution in [2.75, 3.05) is 6.54 Å². The maximum Gasteiger partial charge on any atom is 0.275 e. The lowest BCUT2D eigenvalue weighted by molar-refractivity contribution is 0.0724. The second-order valence-corrected chi connectivity index (χ2v) is 8.54. The summed E-state index contributed by atoms with van der Waals surface area (Å²) in [4.78, 5) is 36.2. The summed E-state index contributed by atoms with van der Waals surface area (Å²) in [6, 6.07) is 23.3. The van der Waals surface area contributed by atoms with Crippen molar-refractivity contribution in [3.05, 3.63) is 118 Å². The maximum absolute atomic E-state index is 13.5. The number of nitrogens with one attached hydrogen (secondary N) is 1. The van der Waals surface area contributed by atoms with Gasteiger partial charge in [-0.15, -0.1) is 0 Å². The summed E-state index contributed by atoms with van der Waals surface area (Å²) in [5.41, 5.74) is 4.91. The third kappa shape index (κ3) is 3.42. The molecule has 0 spiro atoms. The smallest absolute Gasteiger partial charge is 0.275 e. The number of carbonyl (C=O) groups excluding carboxylic acids is 1. The number of H-pyrrole nitrogens is 1. The monoisotopic (exact) mass is 449 g/mol. The lowest BCUT2D eigenvalue weighted by atomic mass is 10.1. The quantitative estimate of drug-likeness (QED) is 0.454. The normalized spacial score (nSPS) is 13.2. The van der Waals surface area contributed by atoms with Gasteiger partial charge in [0.05, 0.1) is 24.5 Å². The zero-order chi connectivity index (χ0) is 23.1. The van der Waals surface area contributed by atoms with Crippen LogP contribution in [0.15, 0.2) is 90.0 Å². The fourth-order valence-electron chi connectivity index (χ4n) is 4.76. The molecule has 168 valence electrons. The number of rotatable bonds is 4. The van der Waals surface area contributed by atoms with E-state index in [-0.39, 0.29) is 11.5 Å². The average Bonchev–Trinajstić information content (AvgIpc) is 3.44. The molecule has 1 amide bonds. The third-order valence-electron chi connectivity index (χ3n) is 6.43. The standard InChI is InChI=1S/C27H23N5O2/c33-26-22-12-14-30(27(34)24-15-20-8-4-5-11-23(20)29-24)18-25(22)31(17-19-7-6-13-28-16-19)32(26)21-9-2-1-3-10-21/h1-11,13,15-16,29H,12,14,17-18H2. The molecule has 1 aliphatic heterocycles. The molecule has 7 heteroatoms. The van der Waals surface area contributed by atoms with Gasteiger partial charge in [-0.1, -0.05) is 42.5 Å². The number of fused-ring (bicyclic) bond motifs is 2. The van der Waals surface area contributed by atoms with Crippen molar-refractivity contribution < 1.29 is 4.79 Å². The summed E-state index contributed by atoms with van der Waals surface area (Å²) in [7, 11) is 0. The Morgan fingerprint density at radius 2 is 1.82 bits per heavy atom. The Labute approximate surface area is 195 Å². The van der Waals surface area contributed by atoms with Crippen molar-refractivity contribution in [1.82, 2.24) is 24.2 Å². The number of pyridine rings is 1. The van der Waals surface area contributed by atoms with Gasteiger partial charge in [0.25, 0.3) is 11.5 Å². The minimum atomic E-state index is -0.0605. The van der Waals surface area contributed by atoms with E-state index in [1.165, 1.54) is 0 Å². The molecule has 0 saturated carbocycles. The molecule has 7 nitrogen and oxygen atoms in total. The van der Waals surface area contributed by atoms with Crippen molar-refractivity contribution >= 4 is 16.8 Å². The Bertz CT molecular complexity index is 1510. The highest BCUT2D eigenvalue weighted by atomic mass is 16.2. The van der Waals surface area contributed by atoms with Crippen LogP contribution in [-0.2, 0) is 19.5 Å². The van der Waals surface area contributed by atoms with E-state index < -0.39 is 0 Å². The van der Waals surface area contributed by atoms with Gasteiger partial charge >= 0.3 is 0 Å². The molecule has 0 aliphatic carbocycles. The highest BCUT2D eigenvalue weighted by Gasteiger charge is 2.30. The Kier molecular flexibility index (Phi) is 4.87. The van der Waals surface area contributed by atoms with Crippen LogP contribution < -0.4 is 5.56 Å². The minimum Gasteiger partial charge on any atom is -0.351 e. The predicted molar refractivity (Wildman–Crippen MR) is 130 cm³/mol. The Morgan fingerprint density at radius 3 is 2.62 bits per heavy atom. The molecule has 0 bridgehead atoms. The first kappa shape index (κ1) is 20.2. The van der Waals surface area contributed by atoms with E-state index in [1.54, 1.807) is 10.9 Å². The number of hydrogen-bond donors (Lipinski definition) is 1. The topological polar surface area (TPSA) is 75.9 Å². The summed E-state index contributed by atoms with van der Waals surface area (Å²) >= 11 is 0. The Hall–Kier alpha value is -4.39. The number of para-hydroxylation sites is 2. The van der Waals surface area contributed by atoms with Gasteiger partial charge in [-0.3, -0.25) is 19.3 Å². The molecule has 0 unspecified atom stereocenters. The number of nitrogens with zero attached hydrogens (tertiary/aromatic N) is 4. The van der Waals surface area contributed by atoms with E-state index in [1.807, 2.05) is 88.6 Å². The molecular formula is C27H23N5O2. The van der Waals surface area contributed by atoms with Crippen molar-refractivity contribution in [3.8, 4) is 5.69 Å². The summed E-state index contributed by atoms with van der Waals surface area (Å²) in [6.07, 6.45) is 4.06. The van der Waals surface area contributed by atoms with E-state index in [0.717, 1.165) is 33.4 Å². The van der Waals surface area contributed by atoms with Gasteiger partial charge in [-0.2, -0.15) is 0 Å². The van der Waals surface area contributed by atoms with Gasteiger partial charge in [-0.25, -0.2) is 4.68 Å². The molecule has 1 aliphatic rings. The zero-order valence-corrected chi connectivity index (χ0v) is 18.5. The van der Waals surface area contributed by atoms with Crippen LogP contribution in [0.3, 0.4) is 0 Å². The minimum absolute atomic E-state index is 0.0252. The van der Waals surface area contributed by atoms with Crippen LogP contribution in [0.25, 0.3) is 16.6 Å². The molecule has 34 heavy (non-hydrogen) atoms. The molecule has 6 rings (SSSR count). The summed E-state index contributed by atoms with van der Waals surface area (Å²) in [6.45, 7) is 1.36. The second-order valence-electron chi connectivity index (χ2n) is 8.54. The first-order chi connectivity index (χ1) is 16.7. The fraction of sp³-hybridized carbons (Fsp3) is 0.148. The van der Waals surface area contributed by atoms with Gasteiger partial charge in [0, 0.05) is 35.4 Å². The molecular weight excluding hydrogens is 426 g/mol. The average molecular weight is 450 g/mol. The van der Waals surface area contributed by atoms with Crippen molar-refractivity contribution in [1.29, 1.82) is 0 Å². The SMILES string of the molecule is O=C(c1cc2ccccc2[nH]1)N1CCc2c(n(Cc3cccnc3)n(-c3ccccc3)c2=O)C1. The number of aromatic amines is 1. The number of amides is 1. The summed E-state index contributed by atoms with van der Waals surface area (Å²) in [5, 5.41) is 1.01. The largest absolute Gasteiger partial charge is 0.351 e. The molecule has 0 fully saturated rings. The first-order valence-corrected chi connectivity index (χ1v) is 11.3. The summed E-state index contributed by atoms with van der Waals surface area (Å²) in [5.74, 6) is -0.0605. The predicted octanol–water partition coefficient (Wildman–Crippen LogP) is 3.76. The van der Waals surface area contributed by atoms with Gasteiger partial charge in [0.1, 0.15) is 5.69 Å². The van der Waals surface area contributed by atoms with Crippen LogP contribution in [0.4, 0.5) is 0 Å². The lowest BCUT2D eigenvalue weighted by Gasteiger charge is -2.27. The molecule has 0 saturated heterocycles. The van der Waals surface area contributed by atoms with E-state index in [0.29, 0.717) is 31.7 Å². The van der Waals surface area contributed by atoms with Crippen LogP contribution in [0.1, 0.15) is 27.3 Å². The molecule has 3 aromatic heterocycles. The van der Waals surface area contributed by atoms with E-state index >= 15 is 0 Å². The number of aromatic nitrogens is 4. The van der Waals surface area contributed by atoms with Crippen LogP contribution in [-0.4, -0.2) is 36.7 Å². The first-order valence-electron chi connectivity index (χ1n) is 11.3. The fourth-order valence-corrected chi connectivity index (χ4v) is 4.76. The number of benzene rings is 2. The Balaban J connectivity index is 1.41. The van der Waals surface area contributed by atoms with Crippen molar-refractivity contribution in [3.63, 3.8) is 0 Å².